The fraction of sp³-hybridized carbons (Fsp3) is 0.864. The number of fused-ring (bicyclic) bond motifs is 5. The van der Waals surface area contributed by atoms with Crippen LogP contribution in [0.3, 0.4) is 0 Å². The summed E-state index contributed by atoms with van der Waals surface area (Å²) in [6.45, 7) is 4.84. The molecule has 0 radical (unpaired) electrons. The van der Waals surface area contributed by atoms with Gasteiger partial charge in [-0.1, -0.05) is 13.8 Å². The highest BCUT2D eigenvalue weighted by Gasteiger charge is 2.62. The van der Waals surface area contributed by atoms with Crippen LogP contribution < -0.4 is 11.1 Å². The van der Waals surface area contributed by atoms with Gasteiger partial charge in [0, 0.05) is 43.2 Å². The minimum Gasteiger partial charge on any atom is -0.353 e. The zero-order valence-corrected chi connectivity index (χ0v) is 16.8. The SMILES string of the molecule is C[C@]12CCC(NC(=O)CCN)CC1C(=O)C[C@@H]1[C@H]2CC[C@]2(C)C(=O)CC[C@@H]12. The molecule has 0 bridgehead atoms. The zero-order chi connectivity index (χ0) is 19.4. The van der Waals surface area contributed by atoms with E-state index in [1.165, 1.54) is 0 Å². The lowest BCUT2D eigenvalue weighted by atomic mass is 9.45. The Labute approximate surface area is 162 Å². The van der Waals surface area contributed by atoms with Crippen molar-refractivity contribution in [3.05, 3.63) is 0 Å². The molecule has 7 atom stereocenters. The Kier molecular flexibility index (Phi) is 4.73. The summed E-state index contributed by atoms with van der Waals surface area (Å²) in [4.78, 5) is 37.7. The number of ketones is 2. The highest BCUT2D eigenvalue weighted by Crippen LogP contribution is 2.64. The van der Waals surface area contributed by atoms with Gasteiger partial charge in [0.15, 0.2) is 0 Å². The van der Waals surface area contributed by atoms with Crippen molar-refractivity contribution in [2.45, 2.75) is 77.7 Å². The summed E-state index contributed by atoms with van der Waals surface area (Å²) >= 11 is 0. The van der Waals surface area contributed by atoms with Gasteiger partial charge in [0.25, 0.3) is 0 Å². The number of nitrogens with one attached hydrogen (secondary N) is 1. The third kappa shape index (κ3) is 2.88. The number of carbonyl (C=O) groups excluding carboxylic acids is 3. The fourth-order valence-electron chi connectivity index (χ4n) is 7.37. The predicted octanol–water partition coefficient (Wildman–Crippen LogP) is 2.61. The lowest BCUT2D eigenvalue weighted by Crippen LogP contribution is -2.58. The molecule has 4 saturated carbocycles. The normalized spacial score (nSPS) is 46.4. The quantitative estimate of drug-likeness (QED) is 0.795. The largest absolute Gasteiger partial charge is 0.353 e. The minimum absolute atomic E-state index is 0.00476. The van der Waals surface area contributed by atoms with Gasteiger partial charge < -0.3 is 11.1 Å². The number of nitrogens with two attached hydrogens (primary N) is 1. The first-order chi connectivity index (χ1) is 12.8. The molecule has 0 spiro atoms. The van der Waals surface area contributed by atoms with E-state index in [1.54, 1.807) is 0 Å². The van der Waals surface area contributed by atoms with Crippen molar-refractivity contribution in [2.75, 3.05) is 6.54 Å². The van der Waals surface area contributed by atoms with E-state index in [1.807, 2.05) is 0 Å². The van der Waals surface area contributed by atoms with Crippen LogP contribution in [0.25, 0.3) is 0 Å². The summed E-state index contributed by atoms with van der Waals surface area (Å²) in [5.74, 6) is 2.18. The number of carbonyl (C=O) groups is 3. The van der Waals surface area contributed by atoms with E-state index in [0.29, 0.717) is 55.1 Å². The highest BCUT2D eigenvalue weighted by atomic mass is 16.2. The Morgan fingerprint density at radius 2 is 1.93 bits per heavy atom. The highest BCUT2D eigenvalue weighted by molar-refractivity contribution is 5.88. The summed E-state index contributed by atoms with van der Waals surface area (Å²) in [5, 5.41) is 3.10. The Balaban J connectivity index is 1.53. The first kappa shape index (κ1) is 19.1. The van der Waals surface area contributed by atoms with Gasteiger partial charge in [0.1, 0.15) is 11.6 Å². The Morgan fingerprint density at radius 3 is 2.67 bits per heavy atom. The number of amides is 1. The molecule has 4 fully saturated rings. The first-order valence-corrected chi connectivity index (χ1v) is 10.8. The van der Waals surface area contributed by atoms with E-state index in [4.69, 9.17) is 5.73 Å². The molecular weight excluding hydrogens is 340 g/mol. The number of hydrogen-bond acceptors (Lipinski definition) is 4. The smallest absolute Gasteiger partial charge is 0.221 e. The lowest BCUT2D eigenvalue weighted by Gasteiger charge is -2.59. The minimum atomic E-state index is -0.182. The maximum Gasteiger partial charge on any atom is 0.221 e. The number of hydrogen-bond donors (Lipinski definition) is 2. The van der Waals surface area contributed by atoms with Crippen molar-refractivity contribution in [3.63, 3.8) is 0 Å². The Morgan fingerprint density at radius 1 is 1.15 bits per heavy atom. The summed E-state index contributed by atoms with van der Waals surface area (Å²) < 4.78 is 0. The van der Waals surface area contributed by atoms with Crippen molar-refractivity contribution in [1.82, 2.24) is 5.32 Å². The van der Waals surface area contributed by atoms with Crippen LogP contribution in [0, 0.1) is 34.5 Å². The topological polar surface area (TPSA) is 89.3 Å². The standard InChI is InChI=1S/C22H34N2O3/c1-21-8-5-13(24-20(27)7-10-23)11-17(21)18(25)12-14-15-3-4-19(26)22(15,2)9-6-16(14)21/h13-17H,3-12,23H2,1-2H3,(H,24,27)/t13?,14-,15-,16+,17?,21+,22-/m0/s1. The summed E-state index contributed by atoms with van der Waals surface area (Å²) in [6, 6.07) is 0.101. The molecule has 2 unspecified atom stereocenters. The molecule has 1 amide bonds. The molecule has 4 aliphatic carbocycles. The molecule has 3 N–H and O–H groups in total. The van der Waals surface area contributed by atoms with E-state index < -0.39 is 0 Å². The van der Waals surface area contributed by atoms with Gasteiger partial charge in [0.2, 0.25) is 5.91 Å². The van der Waals surface area contributed by atoms with Gasteiger partial charge in [-0.15, -0.1) is 0 Å². The zero-order valence-electron chi connectivity index (χ0n) is 16.8. The molecule has 27 heavy (non-hydrogen) atoms. The van der Waals surface area contributed by atoms with Crippen LogP contribution in [-0.2, 0) is 14.4 Å². The van der Waals surface area contributed by atoms with Crippen LogP contribution >= 0.6 is 0 Å². The second-order valence-electron chi connectivity index (χ2n) is 10.1. The third-order valence-corrected chi connectivity index (χ3v) is 8.90. The molecule has 5 heteroatoms. The third-order valence-electron chi connectivity index (χ3n) is 8.90. The molecule has 0 aromatic carbocycles. The molecule has 5 nitrogen and oxygen atoms in total. The van der Waals surface area contributed by atoms with Crippen molar-refractivity contribution in [2.24, 2.45) is 40.2 Å². The first-order valence-electron chi connectivity index (χ1n) is 10.8. The second-order valence-corrected chi connectivity index (χ2v) is 10.1. The maximum atomic E-state index is 13.2. The molecule has 0 heterocycles. The summed E-state index contributed by atoms with van der Waals surface area (Å²) in [7, 11) is 0. The Hall–Kier alpha value is -1.23. The van der Waals surface area contributed by atoms with Crippen molar-refractivity contribution in [3.8, 4) is 0 Å². The summed E-state index contributed by atoms with van der Waals surface area (Å²) in [5.41, 5.74) is 5.33. The monoisotopic (exact) mass is 374 g/mol. The molecular formula is C22H34N2O3. The van der Waals surface area contributed by atoms with Crippen LogP contribution in [0.2, 0.25) is 0 Å². The van der Waals surface area contributed by atoms with Crippen LogP contribution in [-0.4, -0.2) is 30.1 Å². The second kappa shape index (κ2) is 6.68. The average Bonchev–Trinajstić information content (AvgIpc) is 2.92. The number of Topliss-reactive ketones (excluding diaryl/α,β-unsaturated/α-hetero) is 2. The average molecular weight is 375 g/mol. The van der Waals surface area contributed by atoms with Crippen LogP contribution in [0.1, 0.15) is 71.6 Å². The van der Waals surface area contributed by atoms with Crippen LogP contribution in [0.4, 0.5) is 0 Å². The van der Waals surface area contributed by atoms with Crippen molar-refractivity contribution < 1.29 is 14.4 Å². The predicted molar refractivity (Wildman–Crippen MR) is 103 cm³/mol. The maximum absolute atomic E-state index is 13.2. The van der Waals surface area contributed by atoms with E-state index in [9.17, 15) is 14.4 Å². The van der Waals surface area contributed by atoms with Gasteiger partial charge in [0.05, 0.1) is 0 Å². The summed E-state index contributed by atoms with van der Waals surface area (Å²) in [6.07, 6.45) is 7.45. The molecule has 0 saturated heterocycles. The van der Waals surface area contributed by atoms with E-state index in [2.05, 4.69) is 19.2 Å². The van der Waals surface area contributed by atoms with Gasteiger partial charge in [-0.25, -0.2) is 0 Å². The molecule has 0 aromatic heterocycles. The van der Waals surface area contributed by atoms with Crippen LogP contribution in [0.5, 0.6) is 0 Å². The van der Waals surface area contributed by atoms with Gasteiger partial charge in [-0.2, -0.15) is 0 Å². The van der Waals surface area contributed by atoms with E-state index >= 15 is 0 Å². The lowest BCUT2D eigenvalue weighted by molar-refractivity contribution is -0.157. The molecule has 4 aliphatic rings. The van der Waals surface area contributed by atoms with Gasteiger partial charge >= 0.3 is 0 Å². The van der Waals surface area contributed by atoms with E-state index in [0.717, 1.165) is 38.5 Å². The Bertz CT molecular complexity index is 662. The van der Waals surface area contributed by atoms with Crippen LogP contribution in [0.15, 0.2) is 0 Å². The van der Waals surface area contributed by atoms with E-state index in [-0.39, 0.29) is 28.7 Å². The fourth-order valence-corrected chi connectivity index (χ4v) is 7.37. The molecule has 0 aromatic rings. The molecule has 4 rings (SSSR count). The van der Waals surface area contributed by atoms with Crippen molar-refractivity contribution >= 4 is 17.5 Å². The molecule has 150 valence electrons. The van der Waals surface area contributed by atoms with Gasteiger partial charge in [-0.05, 0) is 61.7 Å². The van der Waals surface area contributed by atoms with Crippen molar-refractivity contribution in [1.29, 1.82) is 0 Å². The van der Waals surface area contributed by atoms with Gasteiger partial charge in [-0.3, -0.25) is 14.4 Å². The number of rotatable bonds is 3. The molecule has 0 aliphatic heterocycles.